The molecule has 0 aliphatic carbocycles. The van der Waals surface area contributed by atoms with E-state index in [0.29, 0.717) is 25.3 Å². The van der Waals surface area contributed by atoms with E-state index >= 15 is 0 Å². The molecule has 29 heavy (non-hydrogen) atoms. The van der Waals surface area contributed by atoms with Crippen molar-refractivity contribution in [2.24, 2.45) is 5.92 Å². The van der Waals surface area contributed by atoms with Gasteiger partial charge in [-0.1, -0.05) is 13.3 Å². The molecule has 1 aromatic carbocycles. The fourth-order valence-electron chi connectivity index (χ4n) is 3.39. The molecule has 1 aromatic heterocycles. The Bertz CT molecular complexity index is 965. The summed E-state index contributed by atoms with van der Waals surface area (Å²) in [5, 5.41) is 7.11. The van der Waals surface area contributed by atoms with Gasteiger partial charge in [0, 0.05) is 25.0 Å². The Kier molecular flexibility index (Phi) is 6.59. The van der Waals surface area contributed by atoms with Crippen LogP contribution >= 0.6 is 0 Å². The fourth-order valence-corrected chi connectivity index (χ4v) is 5.09. The Labute approximate surface area is 171 Å². The summed E-state index contributed by atoms with van der Waals surface area (Å²) in [7, 11) is -2.24. The molecule has 1 aliphatic rings. The summed E-state index contributed by atoms with van der Waals surface area (Å²) in [4.78, 5) is 12.7. The number of piperidine rings is 1. The van der Waals surface area contributed by atoms with Crippen LogP contribution in [0.15, 0.2) is 35.4 Å². The summed E-state index contributed by atoms with van der Waals surface area (Å²) in [6.07, 6.45) is 4.56. The number of anilines is 1. The maximum atomic E-state index is 13.1. The van der Waals surface area contributed by atoms with Gasteiger partial charge in [0.15, 0.2) is 0 Å². The molecule has 0 saturated carbocycles. The first-order valence-electron chi connectivity index (χ1n) is 9.80. The molecule has 1 saturated heterocycles. The number of hydrogen-bond donors (Lipinski definition) is 1. The number of ether oxygens (including phenoxy) is 1. The Morgan fingerprint density at radius 2 is 1.97 bits per heavy atom. The third-order valence-corrected chi connectivity index (χ3v) is 6.97. The fraction of sp³-hybridized carbons (Fsp3) is 0.500. The Balaban J connectivity index is 1.78. The standard InChI is InChI=1S/C20H28N4O4S/c1-15(14-23-12-9-16(2)22-23)20(25)21-17-7-8-18(28-3)19(13-17)29(26,27)24-10-5-4-6-11-24/h7-9,12-13,15H,4-6,10-11,14H2,1-3H3,(H,21,25). The van der Waals surface area contributed by atoms with Crippen molar-refractivity contribution in [1.82, 2.24) is 14.1 Å². The minimum atomic E-state index is -3.69. The average molecular weight is 421 g/mol. The third-order valence-electron chi connectivity index (χ3n) is 5.05. The van der Waals surface area contributed by atoms with Crippen molar-refractivity contribution in [3.8, 4) is 5.75 Å². The minimum absolute atomic E-state index is 0.0788. The number of aromatic nitrogens is 2. The molecule has 3 rings (SSSR count). The predicted octanol–water partition coefficient (Wildman–Crippen LogP) is 2.65. The van der Waals surface area contributed by atoms with Crippen LogP contribution in [-0.4, -0.2) is 48.6 Å². The van der Waals surface area contributed by atoms with E-state index in [1.54, 1.807) is 23.7 Å². The van der Waals surface area contributed by atoms with Crippen molar-refractivity contribution in [2.75, 3.05) is 25.5 Å². The molecule has 1 amide bonds. The Hall–Kier alpha value is -2.39. The molecule has 2 heterocycles. The second-order valence-electron chi connectivity index (χ2n) is 7.40. The highest BCUT2D eigenvalue weighted by Crippen LogP contribution is 2.31. The molecule has 8 nitrogen and oxygen atoms in total. The van der Waals surface area contributed by atoms with Crippen LogP contribution in [0, 0.1) is 12.8 Å². The second kappa shape index (κ2) is 8.96. The van der Waals surface area contributed by atoms with Crippen LogP contribution in [0.2, 0.25) is 0 Å². The van der Waals surface area contributed by atoms with Gasteiger partial charge in [-0.05, 0) is 44.0 Å². The lowest BCUT2D eigenvalue weighted by Gasteiger charge is -2.26. The van der Waals surface area contributed by atoms with E-state index in [0.717, 1.165) is 25.0 Å². The largest absolute Gasteiger partial charge is 0.495 e. The lowest BCUT2D eigenvalue weighted by molar-refractivity contribution is -0.119. The third kappa shape index (κ3) is 4.97. The zero-order valence-corrected chi connectivity index (χ0v) is 17.9. The molecule has 0 bridgehead atoms. The quantitative estimate of drug-likeness (QED) is 0.743. The molecule has 1 fully saturated rings. The van der Waals surface area contributed by atoms with E-state index < -0.39 is 10.0 Å². The molecule has 1 atom stereocenters. The second-order valence-corrected chi connectivity index (χ2v) is 9.31. The molecule has 2 aromatic rings. The number of sulfonamides is 1. The summed E-state index contributed by atoms with van der Waals surface area (Å²) in [6, 6.07) is 6.59. The van der Waals surface area contributed by atoms with Gasteiger partial charge in [-0.3, -0.25) is 9.48 Å². The lowest BCUT2D eigenvalue weighted by atomic mass is 10.1. The van der Waals surface area contributed by atoms with Crippen LogP contribution in [0.4, 0.5) is 5.69 Å². The van der Waals surface area contributed by atoms with Crippen molar-refractivity contribution < 1.29 is 17.9 Å². The van der Waals surface area contributed by atoms with Gasteiger partial charge in [0.2, 0.25) is 15.9 Å². The number of hydrogen-bond acceptors (Lipinski definition) is 5. The van der Waals surface area contributed by atoms with Gasteiger partial charge in [0.1, 0.15) is 10.6 Å². The van der Waals surface area contributed by atoms with Crippen LogP contribution in [0.25, 0.3) is 0 Å². The van der Waals surface area contributed by atoms with E-state index in [9.17, 15) is 13.2 Å². The van der Waals surface area contributed by atoms with E-state index in [1.807, 2.05) is 19.2 Å². The number of benzene rings is 1. The van der Waals surface area contributed by atoms with Crippen LogP contribution in [0.3, 0.4) is 0 Å². The number of carbonyl (C=O) groups excluding carboxylic acids is 1. The summed E-state index contributed by atoms with van der Waals surface area (Å²) in [5.41, 5.74) is 1.32. The number of amides is 1. The van der Waals surface area contributed by atoms with E-state index in [1.165, 1.54) is 17.5 Å². The number of aryl methyl sites for hydroxylation is 1. The molecular formula is C20H28N4O4S. The number of nitrogens with one attached hydrogen (secondary N) is 1. The van der Waals surface area contributed by atoms with Crippen molar-refractivity contribution in [3.63, 3.8) is 0 Å². The van der Waals surface area contributed by atoms with Gasteiger partial charge in [-0.25, -0.2) is 8.42 Å². The molecule has 1 N–H and O–H groups in total. The van der Waals surface area contributed by atoms with Crippen molar-refractivity contribution in [2.45, 2.75) is 44.6 Å². The summed E-state index contributed by atoms with van der Waals surface area (Å²) < 4.78 is 34.7. The highest BCUT2D eigenvalue weighted by molar-refractivity contribution is 7.89. The van der Waals surface area contributed by atoms with Gasteiger partial charge in [0.05, 0.1) is 25.3 Å². The highest BCUT2D eigenvalue weighted by Gasteiger charge is 2.29. The van der Waals surface area contributed by atoms with Crippen LogP contribution in [0.5, 0.6) is 5.75 Å². The van der Waals surface area contributed by atoms with Crippen LogP contribution < -0.4 is 10.1 Å². The molecule has 0 spiro atoms. The number of rotatable bonds is 7. The van der Waals surface area contributed by atoms with Crippen LogP contribution in [0.1, 0.15) is 31.9 Å². The van der Waals surface area contributed by atoms with E-state index in [2.05, 4.69) is 10.4 Å². The van der Waals surface area contributed by atoms with E-state index in [4.69, 9.17) is 4.74 Å². The molecule has 0 radical (unpaired) electrons. The first-order valence-corrected chi connectivity index (χ1v) is 11.2. The van der Waals surface area contributed by atoms with E-state index in [-0.39, 0.29) is 22.5 Å². The zero-order chi connectivity index (χ0) is 21.0. The van der Waals surface area contributed by atoms with Gasteiger partial charge in [-0.2, -0.15) is 9.40 Å². The maximum absolute atomic E-state index is 13.1. The van der Waals surface area contributed by atoms with Gasteiger partial charge >= 0.3 is 0 Å². The summed E-state index contributed by atoms with van der Waals surface area (Å²) in [6.45, 7) is 5.14. The SMILES string of the molecule is COc1ccc(NC(=O)C(C)Cn2ccc(C)n2)cc1S(=O)(=O)N1CCCCC1. The number of nitrogens with zero attached hydrogens (tertiary/aromatic N) is 3. The average Bonchev–Trinajstić information content (AvgIpc) is 3.13. The smallest absolute Gasteiger partial charge is 0.246 e. The van der Waals surface area contributed by atoms with Crippen molar-refractivity contribution in [3.05, 3.63) is 36.2 Å². The van der Waals surface area contributed by atoms with Crippen LogP contribution in [-0.2, 0) is 21.4 Å². The first-order chi connectivity index (χ1) is 13.8. The zero-order valence-electron chi connectivity index (χ0n) is 17.1. The highest BCUT2D eigenvalue weighted by atomic mass is 32.2. The predicted molar refractivity (Wildman–Crippen MR) is 110 cm³/mol. The molecular weight excluding hydrogens is 392 g/mol. The Morgan fingerprint density at radius 1 is 1.24 bits per heavy atom. The first kappa shape index (κ1) is 21.3. The van der Waals surface area contributed by atoms with Crippen molar-refractivity contribution in [1.29, 1.82) is 0 Å². The summed E-state index contributed by atoms with van der Waals surface area (Å²) >= 11 is 0. The monoisotopic (exact) mass is 420 g/mol. The number of carbonyl (C=O) groups is 1. The molecule has 158 valence electrons. The van der Waals surface area contributed by atoms with Gasteiger partial charge in [0.25, 0.3) is 0 Å². The Morgan fingerprint density at radius 3 is 2.59 bits per heavy atom. The minimum Gasteiger partial charge on any atom is -0.495 e. The topological polar surface area (TPSA) is 93.5 Å². The maximum Gasteiger partial charge on any atom is 0.246 e. The van der Waals surface area contributed by atoms with Gasteiger partial charge in [-0.15, -0.1) is 0 Å². The number of methoxy groups -OCH3 is 1. The normalized spacial score (nSPS) is 16.4. The molecule has 9 heteroatoms. The van der Waals surface area contributed by atoms with Crippen molar-refractivity contribution >= 4 is 21.6 Å². The van der Waals surface area contributed by atoms with Gasteiger partial charge < -0.3 is 10.1 Å². The molecule has 1 unspecified atom stereocenters. The molecule has 1 aliphatic heterocycles. The lowest BCUT2D eigenvalue weighted by Crippen LogP contribution is -2.35. The summed E-state index contributed by atoms with van der Waals surface area (Å²) in [5.74, 6) is -0.267.